The van der Waals surface area contributed by atoms with E-state index in [0.29, 0.717) is 12.8 Å². The Morgan fingerprint density at radius 1 is 0.929 bits per heavy atom. The summed E-state index contributed by atoms with van der Waals surface area (Å²) in [4.78, 5) is 20.9. The van der Waals surface area contributed by atoms with Crippen molar-refractivity contribution in [3.05, 3.63) is 0 Å². The van der Waals surface area contributed by atoms with Gasteiger partial charge in [0.2, 0.25) is 0 Å². The number of hydrogen-bond acceptors (Lipinski definition) is 4. The standard InChI is InChI=1S/C10H14O4/c11-9-5-7(13-9)3-1-2-4-8-6-10(12)14-8/h7-8H,1-6H2. The fraction of sp³-hybridized carbons (Fsp3) is 0.800. The van der Waals surface area contributed by atoms with Crippen molar-refractivity contribution in [3.8, 4) is 0 Å². The minimum atomic E-state index is -0.0806. The van der Waals surface area contributed by atoms with Gasteiger partial charge in [-0.1, -0.05) is 0 Å². The first kappa shape index (κ1) is 9.49. The Kier molecular flexibility index (Phi) is 2.70. The van der Waals surface area contributed by atoms with Crippen molar-refractivity contribution >= 4 is 11.9 Å². The molecule has 0 spiro atoms. The number of ether oxygens (including phenoxy) is 2. The van der Waals surface area contributed by atoms with Crippen LogP contribution < -0.4 is 0 Å². The zero-order chi connectivity index (χ0) is 9.97. The molecule has 0 aromatic carbocycles. The zero-order valence-corrected chi connectivity index (χ0v) is 8.03. The highest BCUT2D eigenvalue weighted by Crippen LogP contribution is 2.23. The third-order valence-corrected chi connectivity index (χ3v) is 2.69. The summed E-state index contributed by atoms with van der Waals surface area (Å²) in [5.74, 6) is -0.161. The molecule has 2 unspecified atom stereocenters. The quantitative estimate of drug-likeness (QED) is 0.491. The van der Waals surface area contributed by atoms with E-state index in [9.17, 15) is 9.59 Å². The molecule has 0 saturated carbocycles. The summed E-state index contributed by atoms with van der Waals surface area (Å²) in [6.45, 7) is 0. The van der Waals surface area contributed by atoms with Crippen LogP contribution in [0.15, 0.2) is 0 Å². The molecule has 14 heavy (non-hydrogen) atoms. The molecule has 2 atom stereocenters. The Bertz CT molecular complexity index is 207. The van der Waals surface area contributed by atoms with Gasteiger partial charge in [-0.05, 0) is 25.7 Å². The summed E-state index contributed by atoms with van der Waals surface area (Å²) >= 11 is 0. The van der Waals surface area contributed by atoms with Gasteiger partial charge >= 0.3 is 11.9 Å². The van der Waals surface area contributed by atoms with Gasteiger partial charge in [0.25, 0.3) is 0 Å². The first-order chi connectivity index (χ1) is 6.74. The summed E-state index contributed by atoms with van der Waals surface area (Å²) < 4.78 is 9.76. The number of carbonyl (C=O) groups is 2. The summed E-state index contributed by atoms with van der Waals surface area (Å²) in [7, 11) is 0. The van der Waals surface area contributed by atoms with Crippen molar-refractivity contribution in [2.75, 3.05) is 0 Å². The summed E-state index contributed by atoms with van der Waals surface area (Å²) in [6.07, 6.45) is 5.48. The van der Waals surface area contributed by atoms with E-state index in [2.05, 4.69) is 0 Å². The third kappa shape index (κ3) is 2.25. The van der Waals surface area contributed by atoms with Crippen LogP contribution in [0, 0.1) is 0 Å². The summed E-state index contributed by atoms with van der Waals surface area (Å²) in [6, 6.07) is 0. The minimum Gasteiger partial charge on any atom is -0.462 e. The molecule has 4 heteroatoms. The lowest BCUT2D eigenvalue weighted by Gasteiger charge is -2.27. The third-order valence-electron chi connectivity index (χ3n) is 2.69. The first-order valence-electron chi connectivity index (χ1n) is 5.13. The lowest BCUT2D eigenvalue weighted by Crippen LogP contribution is -2.33. The van der Waals surface area contributed by atoms with Crippen molar-refractivity contribution < 1.29 is 19.1 Å². The van der Waals surface area contributed by atoms with E-state index in [1.807, 2.05) is 0 Å². The number of carbonyl (C=O) groups excluding carboxylic acids is 2. The molecule has 78 valence electrons. The van der Waals surface area contributed by atoms with Crippen molar-refractivity contribution in [2.45, 2.75) is 50.7 Å². The average molecular weight is 198 g/mol. The van der Waals surface area contributed by atoms with Crippen molar-refractivity contribution in [2.24, 2.45) is 0 Å². The Balaban J connectivity index is 1.44. The van der Waals surface area contributed by atoms with Gasteiger partial charge in [-0.15, -0.1) is 0 Å². The van der Waals surface area contributed by atoms with Crippen LogP contribution in [-0.4, -0.2) is 24.1 Å². The van der Waals surface area contributed by atoms with Crippen LogP contribution in [0.25, 0.3) is 0 Å². The van der Waals surface area contributed by atoms with Crippen LogP contribution in [0.4, 0.5) is 0 Å². The van der Waals surface area contributed by atoms with Gasteiger partial charge in [0.05, 0.1) is 12.8 Å². The number of cyclic esters (lactones) is 2. The van der Waals surface area contributed by atoms with Gasteiger partial charge in [-0.2, -0.15) is 0 Å². The highest BCUT2D eigenvalue weighted by molar-refractivity contribution is 5.75. The normalized spacial score (nSPS) is 30.0. The molecule has 0 amide bonds. The summed E-state index contributed by atoms with van der Waals surface area (Å²) in [5.41, 5.74) is 0. The maximum Gasteiger partial charge on any atom is 0.309 e. The number of rotatable bonds is 5. The van der Waals surface area contributed by atoms with Gasteiger partial charge in [-0.3, -0.25) is 9.59 Å². The van der Waals surface area contributed by atoms with Gasteiger partial charge in [0.1, 0.15) is 12.2 Å². The van der Waals surface area contributed by atoms with Crippen LogP contribution in [0.5, 0.6) is 0 Å². The van der Waals surface area contributed by atoms with Crippen LogP contribution >= 0.6 is 0 Å². The molecule has 2 saturated heterocycles. The van der Waals surface area contributed by atoms with Crippen molar-refractivity contribution in [1.82, 2.24) is 0 Å². The van der Waals surface area contributed by atoms with Gasteiger partial charge in [0, 0.05) is 0 Å². The molecular formula is C10H14O4. The van der Waals surface area contributed by atoms with Crippen molar-refractivity contribution in [1.29, 1.82) is 0 Å². The Labute approximate surface area is 82.6 Å². The van der Waals surface area contributed by atoms with E-state index in [1.165, 1.54) is 0 Å². The highest BCUT2D eigenvalue weighted by atomic mass is 16.6. The molecule has 2 aliphatic heterocycles. The van der Waals surface area contributed by atoms with E-state index in [0.717, 1.165) is 25.7 Å². The molecule has 2 fully saturated rings. The highest BCUT2D eigenvalue weighted by Gasteiger charge is 2.29. The minimum absolute atomic E-state index is 0.0806. The number of hydrogen-bond donors (Lipinski definition) is 0. The van der Waals surface area contributed by atoms with E-state index in [4.69, 9.17) is 9.47 Å². The maximum absolute atomic E-state index is 10.5. The molecular weight excluding hydrogens is 184 g/mol. The van der Waals surface area contributed by atoms with Crippen LogP contribution in [0.2, 0.25) is 0 Å². The topological polar surface area (TPSA) is 52.6 Å². The molecule has 0 aromatic rings. The first-order valence-corrected chi connectivity index (χ1v) is 5.13. The second kappa shape index (κ2) is 3.98. The molecule has 2 heterocycles. The van der Waals surface area contributed by atoms with E-state index in [-0.39, 0.29) is 24.1 Å². The largest absolute Gasteiger partial charge is 0.462 e. The van der Waals surface area contributed by atoms with Gasteiger partial charge in [0.15, 0.2) is 0 Å². The van der Waals surface area contributed by atoms with Crippen molar-refractivity contribution in [3.63, 3.8) is 0 Å². The molecule has 0 N–H and O–H groups in total. The zero-order valence-electron chi connectivity index (χ0n) is 8.03. The van der Waals surface area contributed by atoms with Crippen LogP contribution in [-0.2, 0) is 19.1 Å². The number of esters is 2. The molecule has 4 nitrogen and oxygen atoms in total. The summed E-state index contributed by atoms with van der Waals surface area (Å²) in [5, 5.41) is 0. The fourth-order valence-corrected chi connectivity index (χ4v) is 1.79. The fourth-order valence-electron chi connectivity index (χ4n) is 1.79. The Hall–Kier alpha value is -1.06. The van der Waals surface area contributed by atoms with Crippen LogP contribution in [0.3, 0.4) is 0 Å². The van der Waals surface area contributed by atoms with Gasteiger partial charge in [-0.25, -0.2) is 0 Å². The molecule has 0 radical (unpaired) electrons. The molecule has 2 aliphatic rings. The average Bonchev–Trinajstić information content (AvgIpc) is 2.05. The smallest absolute Gasteiger partial charge is 0.309 e. The van der Waals surface area contributed by atoms with Crippen LogP contribution in [0.1, 0.15) is 38.5 Å². The molecule has 0 aromatic heterocycles. The monoisotopic (exact) mass is 198 g/mol. The Morgan fingerprint density at radius 3 is 1.57 bits per heavy atom. The van der Waals surface area contributed by atoms with E-state index in [1.54, 1.807) is 0 Å². The predicted molar refractivity (Wildman–Crippen MR) is 47.5 cm³/mol. The second-order valence-electron chi connectivity index (χ2n) is 3.92. The molecule has 0 aliphatic carbocycles. The Morgan fingerprint density at radius 2 is 1.29 bits per heavy atom. The maximum atomic E-state index is 10.5. The molecule has 0 bridgehead atoms. The molecule has 2 rings (SSSR count). The van der Waals surface area contributed by atoms with E-state index >= 15 is 0 Å². The number of unbranched alkanes of at least 4 members (excludes halogenated alkanes) is 1. The lowest BCUT2D eigenvalue weighted by atomic mass is 10.0. The lowest BCUT2D eigenvalue weighted by molar-refractivity contribution is -0.172. The second-order valence-corrected chi connectivity index (χ2v) is 3.92. The SMILES string of the molecule is O=C1CC(CCCCC2CC(=O)O2)O1. The van der Waals surface area contributed by atoms with Gasteiger partial charge < -0.3 is 9.47 Å². The predicted octanol–water partition coefficient (Wildman–Crippen LogP) is 1.18. The van der Waals surface area contributed by atoms with E-state index < -0.39 is 0 Å².